The first-order chi connectivity index (χ1) is 9.20. The zero-order valence-corrected chi connectivity index (χ0v) is 10.0. The quantitative estimate of drug-likeness (QED) is 0.362. The summed E-state index contributed by atoms with van der Waals surface area (Å²) in [7, 11) is 0. The zero-order valence-electron chi connectivity index (χ0n) is 10.0. The van der Waals surface area contributed by atoms with Crippen molar-refractivity contribution < 1.29 is 9.72 Å². The Morgan fingerprint density at radius 3 is 2.26 bits per heavy atom. The molecular weight excluding hydrogens is 242 g/mol. The Morgan fingerprint density at radius 1 is 0.947 bits per heavy atom. The maximum absolute atomic E-state index is 10.8. The maximum Gasteiger partial charge on any atom is 0.280 e. The summed E-state index contributed by atoms with van der Waals surface area (Å²) in [4.78, 5) is 21.0. The lowest BCUT2D eigenvalue weighted by Crippen LogP contribution is -1.94. The topological polar surface area (TPSA) is 60.2 Å². The number of carbonyl (C=O) groups excluding carboxylic acids is 1. The third-order valence-corrected chi connectivity index (χ3v) is 2.65. The van der Waals surface area contributed by atoms with Crippen LogP contribution in [0.5, 0.6) is 0 Å². The van der Waals surface area contributed by atoms with Gasteiger partial charge in [0.2, 0.25) is 0 Å². The van der Waals surface area contributed by atoms with Gasteiger partial charge in [0.15, 0.2) is 6.29 Å². The fourth-order valence-electron chi connectivity index (χ4n) is 1.68. The van der Waals surface area contributed by atoms with Crippen molar-refractivity contribution in [1.29, 1.82) is 0 Å². The summed E-state index contributed by atoms with van der Waals surface area (Å²) in [6.45, 7) is 0. The summed E-state index contributed by atoms with van der Waals surface area (Å²) >= 11 is 0. The Kier molecular flexibility index (Phi) is 3.83. The minimum Gasteiger partial charge on any atom is -0.298 e. The first-order valence-corrected chi connectivity index (χ1v) is 5.67. The Bertz CT molecular complexity index is 633. The molecule has 2 aromatic carbocycles. The average Bonchev–Trinajstić information content (AvgIpc) is 2.46. The molecule has 19 heavy (non-hydrogen) atoms. The summed E-state index contributed by atoms with van der Waals surface area (Å²) in [5.41, 5.74) is 1.60. The van der Waals surface area contributed by atoms with Crippen LogP contribution >= 0.6 is 0 Å². The predicted octanol–water partition coefficient (Wildman–Crippen LogP) is 3.58. The first kappa shape index (κ1) is 12.7. The number of nitrogens with zero attached hydrogens (tertiary/aromatic N) is 1. The van der Waals surface area contributed by atoms with Crippen LogP contribution in [0, 0.1) is 10.1 Å². The molecule has 0 aromatic heterocycles. The SMILES string of the molecule is O=Cc1ccc(/C=C/c2ccccc2)cc1[N+](=O)[O-]. The Hall–Kier alpha value is -2.75. The molecule has 0 aliphatic rings. The van der Waals surface area contributed by atoms with Crippen LogP contribution in [0.2, 0.25) is 0 Å². The summed E-state index contributed by atoms with van der Waals surface area (Å²) in [6, 6.07) is 14.1. The second-order valence-electron chi connectivity index (χ2n) is 3.94. The normalized spacial score (nSPS) is 10.5. The highest BCUT2D eigenvalue weighted by Crippen LogP contribution is 2.20. The van der Waals surface area contributed by atoms with Gasteiger partial charge in [0, 0.05) is 6.07 Å². The molecule has 2 aromatic rings. The smallest absolute Gasteiger partial charge is 0.280 e. The summed E-state index contributed by atoms with van der Waals surface area (Å²) in [6.07, 6.45) is 4.12. The summed E-state index contributed by atoms with van der Waals surface area (Å²) < 4.78 is 0. The molecule has 0 bridgehead atoms. The van der Waals surface area contributed by atoms with Crippen LogP contribution in [-0.4, -0.2) is 11.2 Å². The summed E-state index contributed by atoms with van der Waals surface area (Å²) in [5.74, 6) is 0. The molecule has 0 aliphatic carbocycles. The molecular formula is C15H11NO3. The van der Waals surface area contributed by atoms with Crippen LogP contribution in [0.1, 0.15) is 21.5 Å². The Morgan fingerprint density at radius 2 is 1.63 bits per heavy atom. The summed E-state index contributed by atoms with van der Waals surface area (Å²) in [5, 5.41) is 10.8. The van der Waals surface area contributed by atoms with Crippen molar-refractivity contribution in [3.63, 3.8) is 0 Å². The monoisotopic (exact) mass is 253 g/mol. The number of rotatable bonds is 4. The number of benzene rings is 2. The van der Waals surface area contributed by atoms with Gasteiger partial charge in [-0.25, -0.2) is 0 Å². The van der Waals surface area contributed by atoms with Gasteiger partial charge in [-0.2, -0.15) is 0 Å². The second kappa shape index (κ2) is 5.73. The van der Waals surface area contributed by atoms with Gasteiger partial charge < -0.3 is 0 Å². The van der Waals surface area contributed by atoms with Gasteiger partial charge in [0.25, 0.3) is 5.69 Å². The van der Waals surface area contributed by atoms with Gasteiger partial charge in [-0.1, -0.05) is 48.6 Å². The van der Waals surface area contributed by atoms with Crippen molar-refractivity contribution in [2.75, 3.05) is 0 Å². The number of aldehydes is 1. The molecule has 0 aliphatic heterocycles. The Balaban J connectivity index is 2.32. The van der Waals surface area contributed by atoms with Crippen LogP contribution in [0.4, 0.5) is 5.69 Å². The largest absolute Gasteiger partial charge is 0.298 e. The lowest BCUT2D eigenvalue weighted by atomic mass is 10.1. The highest BCUT2D eigenvalue weighted by Gasteiger charge is 2.12. The number of carbonyl (C=O) groups is 1. The minimum atomic E-state index is -0.552. The molecule has 4 heteroatoms. The van der Waals surface area contributed by atoms with E-state index in [9.17, 15) is 14.9 Å². The van der Waals surface area contributed by atoms with E-state index in [0.717, 1.165) is 5.56 Å². The average molecular weight is 253 g/mol. The molecule has 0 spiro atoms. The highest BCUT2D eigenvalue weighted by atomic mass is 16.6. The molecule has 0 N–H and O–H groups in total. The van der Waals surface area contributed by atoms with Crippen molar-refractivity contribution in [1.82, 2.24) is 0 Å². The van der Waals surface area contributed by atoms with Crippen LogP contribution in [0.3, 0.4) is 0 Å². The molecule has 0 amide bonds. The van der Waals surface area contributed by atoms with Gasteiger partial charge in [-0.15, -0.1) is 0 Å². The van der Waals surface area contributed by atoms with E-state index in [0.29, 0.717) is 11.8 Å². The number of hydrogen-bond acceptors (Lipinski definition) is 3. The van der Waals surface area contributed by atoms with Crippen LogP contribution < -0.4 is 0 Å². The van der Waals surface area contributed by atoms with E-state index in [-0.39, 0.29) is 11.3 Å². The van der Waals surface area contributed by atoms with E-state index in [1.165, 1.54) is 12.1 Å². The van der Waals surface area contributed by atoms with Crippen molar-refractivity contribution in [3.05, 3.63) is 75.3 Å². The van der Waals surface area contributed by atoms with E-state index < -0.39 is 4.92 Å². The van der Waals surface area contributed by atoms with Gasteiger partial charge in [-0.3, -0.25) is 14.9 Å². The molecule has 0 atom stereocenters. The molecule has 0 fully saturated rings. The van der Waals surface area contributed by atoms with E-state index in [1.54, 1.807) is 12.1 Å². The molecule has 4 nitrogen and oxygen atoms in total. The third-order valence-electron chi connectivity index (χ3n) is 2.65. The molecule has 2 rings (SSSR count). The van der Waals surface area contributed by atoms with Gasteiger partial charge in [-0.05, 0) is 17.2 Å². The Labute approximate surface area is 110 Å². The van der Waals surface area contributed by atoms with Crippen LogP contribution in [0.25, 0.3) is 12.2 Å². The fourth-order valence-corrected chi connectivity index (χ4v) is 1.68. The van der Waals surface area contributed by atoms with Gasteiger partial charge >= 0.3 is 0 Å². The number of hydrogen-bond donors (Lipinski definition) is 0. The van der Waals surface area contributed by atoms with Gasteiger partial charge in [0.1, 0.15) is 0 Å². The standard InChI is InChI=1S/C15H11NO3/c17-11-14-9-8-13(10-15(14)16(18)19)7-6-12-4-2-1-3-5-12/h1-11H/b7-6+. The van der Waals surface area contributed by atoms with Crippen molar-refractivity contribution >= 4 is 24.1 Å². The van der Waals surface area contributed by atoms with Crippen LogP contribution in [-0.2, 0) is 0 Å². The molecule has 0 radical (unpaired) electrons. The van der Waals surface area contributed by atoms with Crippen LogP contribution in [0.15, 0.2) is 48.5 Å². The lowest BCUT2D eigenvalue weighted by molar-refractivity contribution is -0.385. The number of nitro benzene ring substituents is 1. The van der Waals surface area contributed by atoms with E-state index in [4.69, 9.17) is 0 Å². The van der Waals surface area contributed by atoms with Crippen molar-refractivity contribution in [2.24, 2.45) is 0 Å². The van der Waals surface area contributed by atoms with Gasteiger partial charge in [0.05, 0.1) is 10.5 Å². The second-order valence-corrected chi connectivity index (χ2v) is 3.94. The highest BCUT2D eigenvalue weighted by molar-refractivity contribution is 5.83. The van der Waals surface area contributed by atoms with Crippen molar-refractivity contribution in [3.8, 4) is 0 Å². The lowest BCUT2D eigenvalue weighted by Gasteiger charge is -1.98. The zero-order chi connectivity index (χ0) is 13.7. The maximum atomic E-state index is 10.8. The van der Waals surface area contributed by atoms with E-state index >= 15 is 0 Å². The fraction of sp³-hybridized carbons (Fsp3) is 0. The first-order valence-electron chi connectivity index (χ1n) is 5.67. The van der Waals surface area contributed by atoms with Crippen molar-refractivity contribution in [2.45, 2.75) is 0 Å². The minimum absolute atomic E-state index is 0.0851. The predicted molar refractivity (Wildman–Crippen MR) is 73.9 cm³/mol. The van der Waals surface area contributed by atoms with E-state index in [1.807, 2.05) is 36.4 Å². The molecule has 0 saturated carbocycles. The molecule has 0 saturated heterocycles. The molecule has 0 heterocycles. The molecule has 94 valence electrons. The van der Waals surface area contributed by atoms with E-state index in [2.05, 4.69) is 0 Å². The third kappa shape index (κ3) is 3.13. The number of nitro groups is 1. The molecule has 0 unspecified atom stereocenters.